The van der Waals surface area contributed by atoms with Crippen LogP contribution in [0.3, 0.4) is 0 Å². The second kappa shape index (κ2) is 8.16. The number of anilines is 2. The number of sulfonamides is 1. The van der Waals surface area contributed by atoms with Crippen LogP contribution in [0.2, 0.25) is 0 Å². The number of thiazole rings is 1. The summed E-state index contributed by atoms with van der Waals surface area (Å²) in [5, 5.41) is 4.80. The van der Waals surface area contributed by atoms with E-state index in [0.717, 1.165) is 23.5 Å². The molecule has 0 saturated heterocycles. The Bertz CT molecular complexity index is 1370. The Kier molecular flexibility index (Phi) is 5.52. The fourth-order valence-electron chi connectivity index (χ4n) is 2.79. The van der Waals surface area contributed by atoms with E-state index in [4.69, 9.17) is 0 Å². The van der Waals surface area contributed by atoms with Crippen LogP contribution in [0.5, 0.6) is 5.75 Å². The standard InChI is InChI=1S/C19H13F3N4O4S2/c20-19(21,22)30-13-3-6-15-11(9-13)10-16(25-15)17(27)24-12-1-4-14(5-2-12)32(28,29)26-18-23-7-8-31-18/h1-10,25H,(H,23,26)(H,24,27). The number of hydrogen-bond donors (Lipinski definition) is 3. The van der Waals surface area contributed by atoms with Gasteiger partial charge in [0, 0.05) is 28.2 Å². The molecule has 2 aromatic carbocycles. The summed E-state index contributed by atoms with van der Waals surface area (Å²) in [5.74, 6) is -0.963. The lowest BCUT2D eigenvalue weighted by atomic mass is 10.2. The first-order chi connectivity index (χ1) is 15.1. The molecule has 0 aliphatic heterocycles. The van der Waals surface area contributed by atoms with Crippen molar-refractivity contribution in [1.82, 2.24) is 9.97 Å². The minimum Gasteiger partial charge on any atom is -0.406 e. The molecule has 0 saturated carbocycles. The van der Waals surface area contributed by atoms with Crippen molar-refractivity contribution in [3.8, 4) is 5.75 Å². The van der Waals surface area contributed by atoms with E-state index in [1.165, 1.54) is 42.6 Å². The highest BCUT2D eigenvalue weighted by molar-refractivity contribution is 7.93. The fourth-order valence-corrected chi connectivity index (χ4v) is 4.58. The molecule has 8 nitrogen and oxygen atoms in total. The number of rotatable bonds is 6. The van der Waals surface area contributed by atoms with Gasteiger partial charge in [-0.2, -0.15) is 0 Å². The van der Waals surface area contributed by atoms with Gasteiger partial charge < -0.3 is 15.0 Å². The number of hydrogen-bond acceptors (Lipinski definition) is 6. The minimum absolute atomic E-state index is 0.0199. The predicted octanol–water partition coefficient (Wildman–Crippen LogP) is 4.58. The van der Waals surface area contributed by atoms with Crippen molar-refractivity contribution in [2.75, 3.05) is 10.0 Å². The van der Waals surface area contributed by atoms with E-state index < -0.39 is 28.0 Å². The third kappa shape index (κ3) is 5.00. The Morgan fingerprint density at radius 2 is 1.84 bits per heavy atom. The summed E-state index contributed by atoms with van der Waals surface area (Å²) in [7, 11) is -3.83. The number of carbonyl (C=O) groups excluding carboxylic acids is 1. The van der Waals surface area contributed by atoms with E-state index in [-0.39, 0.29) is 15.7 Å². The zero-order chi connectivity index (χ0) is 22.9. The first-order valence-corrected chi connectivity index (χ1v) is 11.2. The SMILES string of the molecule is O=C(Nc1ccc(S(=O)(=O)Nc2nccs2)cc1)c1cc2cc(OC(F)(F)F)ccc2[nH]1. The van der Waals surface area contributed by atoms with Gasteiger partial charge in [-0.05, 0) is 48.5 Å². The number of carbonyl (C=O) groups is 1. The van der Waals surface area contributed by atoms with E-state index in [1.54, 1.807) is 5.38 Å². The molecular formula is C19H13F3N4O4S2. The van der Waals surface area contributed by atoms with Crippen molar-refractivity contribution in [3.63, 3.8) is 0 Å². The van der Waals surface area contributed by atoms with Gasteiger partial charge in [0.25, 0.3) is 15.9 Å². The highest BCUT2D eigenvalue weighted by Crippen LogP contribution is 2.27. The summed E-state index contributed by atoms with van der Waals surface area (Å²) in [6.07, 6.45) is -3.35. The summed E-state index contributed by atoms with van der Waals surface area (Å²) < 4.78 is 68.0. The molecule has 0 aliphatic rings. The van der Waals surface area contributed by atoms with Gasteiger partial charge in [0.1, 0.15) is 11.4 Å². The van der Waals surface area contributed by atoms with Crippen molar-refractivity contribution < 1.29 is 31.1 Å². The number of H-pyrrole nitrogens is 1. The van der Waals surface area contributed by atoms with Crippen molar-refractivity contribution >= 4 is 49.0 Å². The molecule has 32 heavy (non-hydrogen) atoms. The summed E-state index contributed by atoms with van der Waals surface area (Å²) in [4.78, 5) is 19.1. The Morgan fingerprint density at radius 1 is 1.09 bits per heavy atom. The van der Waals surface area contributed by atoms with Crippen LogP contribution in [0.4, 0.5) is 24.0 Å². The van der Waals surface area contributed by atoms with Crippen LogP contribution in [0.25, 0.3) is 10.9 Å². The summed E-state index contributed by atoms with van der Waals surface area (Å²) in [6, 6.07) is 10.5. The largest absolute Gasteiger partial charge is 0.573 e. The molecule has 4 aromatic rings. The molecule has 166 valence electrons. The number of fused-ring (bicyclic) bond motifs is 1. The fraction of sp³-hybridized carbons (Fsp3) is 0.0526. The Morgan fingerprint density at radius 3 is 2.50 bits per heavy atom. The Labute approximate surface area is 183 Å². The minimum atomic E-state index is -4.82. The molecule has 13 heteroatoms. The maximum Gasteiger partial charge on any atom is 0.573 e. The van der Waals surface area contributed by atoms with Crippen LogP contribution >= 0.6 is 11.3 Å². The van der Waals surface area contributed by atoms with Crippen LogP contribution in [0, 0.1) is 0 Å². The maximum atomic E-state index is 12.5. The van der Waals surface area contributed by atoms with Gasteiger partial charge in [0.15, 0.2) is 5.13 Å². The number of nitrogens with one attached hydrogen (secondary N) is 3. The lowest BCUT2D eigenvalue weighted by Crippen LogP contribution is -2.16. The molecule has 0 atom stereocenters. The van der Waals surface area contributed by atoms with Crippen molar-refractivity contribution in [3.05, 3.63) is 65.8 Å². The molecule has 2 aromatic heterocycles. The van der Waals surface area contributed by atoms with E-state index in [2.05, 4.69) is 24.7 Å². The number of alkyl halides is 3. The van der Waals surface area contributed by atoms with Gasteiger partial charge in [-0.1, -0.05) is 0 Å². The monoisotopic (exact) mass is 482 g/mol. The summed E-state index contributed by atoms with van der Waals surface area (Å²) in [5.41, 5.74) is 0.869. The average Bonchev–Trinajstić information content (AvgIpc) is 3.36. The average molecular weight is 482 g/mol. The molecular weight excluding hydrogens is 469 g/mol. The zero-order valence-electron chi connectivity index (χ0n) is 15.8. The third-order valence-corrected chi connectivity index (χ3v) is 6.32. The predicted molar refractivity (Wildman–Crippen MR) is 112 cm³/mol. The van der Waals surface area contributed by atoms with Crippen LogP contribution in [0.15, 0.2) is 65.0 Å². The van der Waals surface area contributed by atoms with E-state index in [0.29, 0.717) is 16.6 Å². The van der Waals surface area contributed by atoms with Crippen molar-refractivity contribution in [2.45, 2.75) is 11.3 Å². The second-order valence-electron chi connectivity index (χ2n) is 6.40. The van der Waals surface area contributed by atoms with Gasteiger partial charge in [0.2, 0.25) is 0 Å². The van der Waals surface area contributed by atoms with Crippen LogP contribution in [-0.4, -0.2) is 30.7 Å². The lowest BCUT2D eigenvalue weighted by Gasteiger charge is -2.08. The lowest BCUT2D eigenvalue weighted by molar-refractivity contribution is -0.274. The van der Waals surface area contributed by atoms with Gasteiger partial charge in [0.05, 0.1) is 4.90 Å². The maximum absolute atomic E-state index is 12.5. The zero-order valence-corrected chi connectivity index (χ0v) is 17.4. The number of aromatic nitrogens is 2. The normalized spacial score (nSPS) is 12.0. The van der Waals surface area contributed by atoms with Crippen molar-refractivity contribution in [1.29, 1.82) is 0 Å². The van der Waals surface area contributed by atoms with Gasteiger partial charge in [-0.15, -0.1) is 24.5 Å². The molecule has 4 rings (SSSR count). The third-order valence-electron chi connectivity index (χ3n) is 4.15. The highest BCUT2D eigenvalue weighted by atomic mass is 32.2. The van der Waals surface area contributed by atoms with E-state index >= 15 is 0 Å². The Balaban J connectivity index is 1.47. The number of halogens is 3. The number of amides is 1. The van der Waals surface area contributed by atoms with Crippen LogP contribution < -0.4 is 14.8 Å². The van der Waals surface area contributed by atoms with Gasteiger partial charge in [-0.25, -0.2) is 13.4 Å². The summed E-state index contributed by atoms with van der Waals surface area (Å²) >= 11 is 1.13. The van der Waals surface area contributed by atoms with E-state index in [9.17, 15) is 26.4 Å². The molecule has 0 radical (unpaired) electrons. The quantitative estimate of drug-likeness (QED) is 0.373. The number of nitrogens with zero attached hydrogens (tertiary/aromatic N) is 1. The van der Waals surface area contributed by atoms with Crippen molar-refractivity contribution in [2.24, 2.45) is 0 Å². The first-order valence-electron chi connectivity index (χ1n) is 8.81. The summed E-state index contributed by atoms with van der Waals surface area (Å²) in [6.45, 7) is 0. The molecule has 0 fully saturated rings. The number of ether oxygens (including phenoxy) is 1. The molecule has 1 amide bonds. The molecule has 0 unspecified atom stereocenters. The van der Waals surface area contributed by atoms with E-state index in [1.807, 2.05) is 0 Å². The van der Waals surface area contributed by atoms with Crippen LogP contribution in [-0.2, 0) is 10.0 Å². The number of benzene rings is 2. The molecule has 0 aliphatic carbocycles. The molecule has 2 heterocycles. The molecule has 0 bridgehead atoms. The topological polar surface area (TPSA) is 113 Å². The van der Waals surface area contributed by atoms with Gasteiger partial charge >= 0.3 is 6.36 Å². The Hall–Kier alpha value is -3.58. The highest BCUT2D eigenvalue weighted by Gasteiger charge is 2.31. The molecule has 0 spiro atoms. The smallest absolute Gasteiger partial charge is 0.406 e. The first kappa shape index (κ1) is 21.6. The second-order valence-corrected chi connectivity index (χ2v) is 8.98. The van der Waals surface area contributed by atoms with Gasteiger partial charge in [-0.3, -0.25) is 9.52 Å². The molecule has 3 N–H and O–H groups in total. The van der Waals surface area contributed by atoms with Crippen LogP contribution in [0.1, 0.15) is 10.5 Å². The number of aromatic amines is 1.